The van der Waals surface area contributed by atoms with Gasteiger partial charge in [-0.3, -0.25) is 4.79 Å². The molecule has 1 fully saturated rings. The van der Waals surface area contributed by atoms with E-state index in [0.29, 0.717) is 19.6 Å². The van der Waals surface area contributed by atoms with Gasteiger partial charge in [-0.05, 0) is 42.5 Å². The molecule has 2 aromatic rings. The van der Waals surface area contributed by atoms with Crippen LogP contribution in [0.2, 0.25) is 5.02 Å². The van der Waals surface area contributed by atoms with Crippen molar-refractivity contribution in [1.29, 1.82) is 0 Å². The average Bonchev–Trinajstić information content (AvgIpc) is 2.65. The summed E-state index contributed by atoms with van der Waals surface area (Å²) < 4.78 is 6.01. The number of halogens is 1. The van der Waals surface area contributed by atoms with Gasteiger partial charge in [0.15, 0.2) is 0 Å². The zero-order valence-corrected chi connectivity index (χ0v) is 15.1. The van der Waals surface area contributed by atoms with Crippen molar-refractivity contribution in [3.63, 3.8) is 0 Å². The molecule has 0 bridgehead atoms. The molecule has 1 atom stereocenters. The molecule has 25 heavy (non-hydrogen) atoms. The Balaban J connectivity index is 1.46. The van der Waals surface area contributed by atoms with E-state index in [1.807, 2.05) is 47.4 Å². The fourth-order valence-electron chi connectivity index (χ4n) is 3.20. The van der Waals surface area contributed by atoms with E-state index in [1.54, 1.807) is 0 Å². The Hall–Kier alpha value is -1.84. The molecule has 2 aromatic carbocycles. The Labute approximate surface area is 154 Å². The van der Waals surface area contributed by atoms with Crippen molar-refractivity contribution in [3.8, 4) is 0 Å². The van der Waals surface area contributed by atoms with Crippen LogP contribution in [0.15, 0.2) is 54.6 Å². The lowest BCUT2D eigenvalue weighted by atomic mass is 10.1. The van der Waals surface area contributed by atoms with Gasteiger partial charge in [-0.2, -0.15) is 0 Å². The zero-order chi connectivity index (χ0) is 17.5. The number of hydrogen-bond acceptors (Lipinski definition) is 2. The van der Waals surface area contributed by atoms with Crippen molar-refractivity contribution in [2.24, 2.45) is 0 Å². The van der Waals surface area contributed by atoms with Gasteiger partial charge in [-0.1, -0.05) is 54.1 Å². The summed E-state index contributed by atoms with van der Waals surface area (Å²) in [6.45, 7) is 2.07. The maximum Gasteiger partial charge on any atom is 0.222 e. The molecule has 1 aliphatic heterocycles. The van der Waals surface area contributed by atoms with Crippen LogP contribution >= 0.6 is 11.6 Å². The molecule has 0 aromatic heterocycles. The molecule has 132 valence electrons. The van der Waals surface area contributed by atoms with Crippen molar-refractivity contribution in [3.05, 3.63) is 70.7 Å². The number of rotatable bonds is 6. The molecular weight excluding hydrogens is 334 g/mol. The van der Waals surface area contributed by atoms with Crippen molar-refractivity contribution in [1.82, 2.24) is 4.90 Å². The van der Waals surface area contributed by atoms with Gasteiger partial charge in [0.1, 0.15) is 0 Å². The molecule has 1 heterocycles. The molecule has 3 rings (SSSR count). The first kappa shape index (κ1) is 18.0. The first-order chi connectivity index (χ1) is 12.2. The summed E-state index contributed by atoms with van der Waals surface area (Å²) in [5, 5.41) is 0.725. The summed E-state index contributed by atoms with van der Waals surface area (Å²) in [7, 11) is 0. The third-order valence-electron chi connectivity index (χ3n) is 4.58. The summed E-state index contributed by atoms with van der Waals surface area (Å²) >= 11 is 6.01. The van der Waals surface area contributed by atoms with Crippen molar-refractivity contribution < 1.29 is 9.53 Å². The van der Waals surface area contributed by atoms with Crippen molar-refractivity contribution in [2.45, 2.75) is 38.4 Å². The third kappa shape index (κ3) is 5.58. The molecule has 3 nitrogen and oxygen atoms in total. The van der Waals surface area contributed by atoms with Gasteiger partial charge < -0.3 is 9.64 Å². The smallest absolute Gasteiger partial charge is 0.222 e. The van der Waals surface area contributed by atoms with Crippen LogP contribution in [-0.2, 0) is 22.6 Å². The van der Waals surface area contributed by atoms with Crippen LogP contribution in [-0.4, -0.2) is 30.0 Å². The number of ether oxygens (including phenoxy) is 1. The largest absolute Gasteiger partial charge is 0.372 e. The molecule has 0 radical (unpaired) electrons. The van der Waals surface area contributed by atoms with E-state index in [1.165, 1.54) is 5.56 Å². The molecular formula is C21H24ClNO2. The molecule has 1 aliphatic rings. The summed E-state index contributed by atoms with van der Waals surface area (Å²) in [4.78, 5) is 14.4. The Morgan fingerprint density at radius 3 is 2.72 bits per heavy atom. The number of carbonyl (C=O) groups is 1. The molecule has 1 saturated heterocycles. The number of carbonyl (C=O) groups excluding carboxylic acids is 1. The number of hydrogen-bond donors (Lipinski definition) is 0. The Bertz CT molecular complexity index is 689. The first-order valence-corrected chi connectivity index (χ1v) is 9.26. The number of benzene rings is 2. The topological polar surface area (TPSA) is 29.5 Å². The molecule has 4 heteroatoms. The van der Waals surface area contributed by atoms with E-state index in [-0.39, 0.29) is 12.0 Å². The second kappa shape index (κ2) is 9.02. The maximum absolute atomic E-state index is 12.5. The minimum Gasteiger partial charge on any atom is -0.372 e. The van der Waals surface area contributed by atoms with Crippen molar-refractivity contribution >= 4 is 17.5 Å². The van der Waals surface area contributed by atoms with Crippen LogP contribution in [0.5, 0.6) is 0 Å². The quantitative estimate of drug-likeness (QED) is 0.762. The highest BCUT2D eigenvalue weighted by Crippen LogP contribution is 2.18. The Morgan fingerprint density at radius 2 is 1.92 bits per heavy atom. The first-order valence-electron chi connectivity index (χ1n) is 8.88. The van der Waals surface area contributed by atoms with Crippen LogP contribution < -0.4 is 0 Å². The van der Waals surface area contributed by atoms with Crippen molar-refractivity contribution in [2.75, 3.05) is 13.1 Å². The van der Waals surface area contributed by atoms with E-state index in [2.05, 4.69) is 12.1 Å². The molecule has 0 aliphatic carbocycles. The summed E-state index contributed by atoms with van der Waals surface area (Å²) in [5.74, 6) is 0.222. The lowest BCUT2D eigenvalue weighted by molar-refractivity contribution is -0.135. The third-order valence-corrected chi connectivity index (χ3v) is 4.81. The van der Waals surface area contributed by atoms with Gasteiger partial charge in [0.2, 0.25) is 5.91 Å². The Kier molecular flexibility index (Phi) is 6.48. The average molecular weight is 358 g/mol. The Morgan fingerprint density at radius 1 is 1.12 bits per heavy atom. The summed E-state index contributed by atoms with van der Waals surface area (Å²) in [6.07, 6.45) is 3.46. The number of piperidine rings is 1. The monoisotopic (exact) mass is 357 g/mol. The fraction of sp³-hybridized carbons (Fsp3) is 0.381. The van der Waals surface area contributed by atoms with Crippen LogP contribution in [0.4, 0.5) is 0 Å². The number of nitrogens with zero attached hydrogens (tertiary/aromatic N) is 1. The predicted octanol–water partition coefficient (Wildman–Crippen LogP) is 4.48. The maximum atomic E-state index is 12.5. The SMILES string of the molecule is O=C(CCc1ccccc1)N1CCC[C@H](OCc2cccc(Cl)c2)C1. The highest BCUT2D eigenvalue weighted by atomic mass is 35.5. The van der Waals surface area contributed by atoms with Crippen LogP contribution in [0, 0.1) is 0 Å². The minimum atomic E-state index is 0.105. The van der Waals surface area contributed by atoms with Gasteiger partial charge in [0.25, 0.3) is 0 Å². The molecule has 0 saturated carbocycles. The van der Waals surface area contributed by atoms with Crippen LogP contribution in [0.1, 0.15) is 30.4 Å². The molecule has 0 spiro atoms. The van der Waals surface area contributed by atoms with Gasteiger partial charge in [-0.25, -0.2) is 0 Å². The lowest BCUT2D eigenvalue weighted by Crippen LogP contribution is -2.43. The fourth-order valence-corrected chi connectivity index (χ4v) is 3.41. The zero-order valence-electron chi connectivity index (χ0n) is 14.4. The number of likely N-dealkylation sites (tertiary alicyclic amines) is 1. The highest BCUT2D eigenvalue weighted by Gasteiger charge is 2.23. The lowest BCUT2D eigenvalue weighted by Gasteiger charge is -2.33. The standard InChI is InChI=1S/C21H24ClNO2/c22-19-9-4-8-18(14-19)16-25-20-10-5-13-23(15-20)21(24)12-11-17-6-2-1-3-7-17/h1-4,6-9,14,20H,5,10-13,15-16H2/t20-/m0/s1. The molecule has 0 N–H and O–H groups in total. The summed E-state index contributed by atoms with van der Waals surface area (Å²) in [6, 6.07) is 17.9. The van der Waals surface area contributed by atoms with E-state index in [4.69, 9.17) is 16.3 Å². The van der Waals surface area contributed by atoms with Gasteiger partial charge in [0, 0.05) is 24.5 Å². The van der Waals surface area contributed by atoms with E-state index >= 15 is 0 Å². The van der Waals surface area contributed by atoms with Crippen LogP contribution in [0.25, 0.3) is 0 Å². The summed E-state index contributed by atoms with van der Waals surface area (Å²) in [5.41, 5.74) is 2.28. The second-order valence-electron chi connectivity index (χ2n) is 6.53. The normalized spacial score (nSPS) is 17.5. The van der Waals surface area contributed by atoms with Gasteiger partial charge in [-0.15, -0.1) is 0 Å². The second-order valence-corrected chi connectivity index (χ2v) is 6.97. The minimum absolute atomic E-state index is 0.105. The van der Waals surface area contributed by atoms with Crippen LogP contribution in [0.3, 0.4) is 0 Å². The highest BCUT2D eigenvalue weighted by molar-refractivity contribution is 6.30. The number of aryl methyl sites for hydroxylation is 1. The predicted molar refractivity (Wildman–Crippen MR) is 101 cm³/mol. The molecule has 0 unspecified atom stereocenters. The number of amides is 1. The van der Waals surface area contributed by atoms with Gasteiger partial charge in [0.05, 0.1) is 12.7 Å². The van der Waals surface area contributed by atoms with Gasteiger partial charge >= 0.3 is 0 Å². The molecule has 1 amide bonds. The van der Waals surface area contributed by atoms with E-state index < -0.39 is 0 Å². The van der Waals surface area contributed by atoms with E-state index in [9.17, 15) is 4.79 Å². The van der Waals surface area contributed by atoms with E-state index in [0.717, 1.165) is 36.4 Å².